The third-order valence-corrected chi connectivity index (χ3v) is 15.8. The molecule has 0 fully saturated rings. The van der Waals surface area contributed by atoms with E-state index in [9.17, 15) is 0 Å². The molecule has 5 nitrogen and oxygen atoms in total. The number of hydrogen-bond acceptors (Lipinski definition) is 5. The van der Waals surface area contributed by atoms with Crippen molar-refractivity contribution in [2.75, 3.05) is 9.80 Å². The number of fused-ring (bicyclic) bond motifs is 7. The summed E-state index contributed by atoms with van der Waals surface area (Å²) in [5.41, 5.74) is 18.8. The molecule has 0 saturated carbocycles. The van der Waals surface area contributed by atoms with Crippen LogP contribution in [0.2, 0.25) is 0 Å². The molecule has 1 unspecified atom stereocenters. The minimum Gasteiger partial charge on any atom is -0.313 e. The normalized spacial score (nSPS) is 16.7. The summed E-state index contributed by atoms with van der Waals surface area (Å²) in [6.45, 7) is 12.1. The third-order valence-electron chi connectivity index (χ3n) is 15.8. The van der Waals surface area contributed by atoms with Crippen molar-refractivity contribution < 1.29 is 0 Å². The van der Waals surface area contributed by atoms with Crippen LogP contribution in [0.15, 0.2) is 199 Å². The Morgan fingerprint density at radius 1 is 0.614 bits per heavy atom. The molecule has 6 aromatic carbocycles. The second-order valence-electron chi connectivity index (χ2n) is 20.8. The molecule has 1 atom stereocenters. The lowest BCUT2D eigenvalue weighted by Crippen LogP contribution is -2.41. The standard InChI is InChI=1S/C65H55N5/c1-41-36-48(31-27-42-16-6-10-20-50(41)42)69(62-35-29-45-19-9-14-24-58(45)68-62)49-32-34-61-53(40-49)65(4,5)55-38-46(37-54-63(55)70(61)60-25-15-11-21-52(60)64(54,2)3)51(59-33-28-44-18-8-13-23-57(44)67-59)39-47-30-26-43-17-7-12-22-56(43)66-47/h6-14,16-24,26-35,37-38,40,51H,15,25,36,39H2,1-5H3. The Bertz CT molecular complexity index is 3890. The van der Waals surface area contributed by atoms with E-state index in [1.54, 1.807) is 0 Å². The smallest absolute Gasteiger partial charge is 0.138 e. The number of anilines is 4. The molecule has 2 aliphatic heterocycles. The zero-order valence-corrected chi connectivity index (χ0v) is 40.5. The van der Waals surface area contributed by atoms with Crippen LogP contribution in [0.4, 0.5) is 22.9 Å². The van der Waals surface area contributed by atoms with Crippen LogP contribution in [0.5, 0.6) is 0 Å². The largest absolute Gasteiger partial charge is 0.313 e. The highest BCUT2D eigenvalue weighted by molar-refractivity contribution is 5.90. The van der Waals surface area contributed by atoms with Gasteiger partial charge in [0.25, 0.3) is 0 Å². The number of para-hydroxylation sites is 3. The molecule has 9 aromatic rings. The van der Waals surface area contributed by atoms with Gasteiger partial charge in [-0.25, -0.2) is 4.98 Å². The van der Waals surface area contributed by atoms with Gasteiger partial charge in [0.1, 0.15) is 5.82 Å². The summed E-state index contributed by atoms with van der Waals surface area (Å²) in [6.07, 6.45) is 12.9. The Hall–Kier alpha value is -7.89. The van der Waals surface area contributed by atoms with Crippen molar-refractivity contribution in [3.05, 3.63) is 243 Å². The summed E-state index contributed by atoms with van der Waals surface area (Å²) in [6, 6.07) is 59.8. The second kappa shape index (κ2) is 16.1. The van der Waals surface area contributed by atoms with Crippen molar-refractivity contribution >= 4 is 67.2 Å². The molecule has 0 amide bonds. The van der Waals surface area contributed by atoms with E-state index in [4.69, 9.17) is 15.0 Å². The van der Waals surface area contributed by atoms with Gasteiger partial charge in [0.15, 0.2) is 0 Å². The molecular formula is C65H55N5. The molecule has 0 N–H and O–H groups in total. The third kappa shape index (κ3) is 6.77. The summed E-state index contributed by atoms with van der Waals surface area (Å²) in [4.78, 5) is 21.2. The molecule has 5 heterocycles. The van der Waals surface area contributed by atoms with Crippen LogP contribution in [0.25, 0.3) is 44.4 Å². The van der Waals surface area contributed by atoms with Crippen LogP contribution < -0.4 is 20.2 Å². The first-order valence-electron chi connectivity index (χ1n) is 25.0. The maximum Gasteiger partial charge on any atom is 0.138 e. The summed E-state index contributed by atoms with van der Waals surface area (Å²) < 4.78 is 0. The van der Waals surface area contributed by atoms with Crippen molar-refractivity contribution in [1.29, 1.82) is 0 Å². The predicted octanol–water partition coefficient (Wildman–Crippen LogP) is 14.5. The Morgan fingerprint density at radius 2 is 1.27 bits per heavy atom. The molecule has 3 aromatic heterocycles. The van der Waals surface area contributed by atoms with Crippen LogP contribution in [0, 0.1) is 0 Å². The van der Waals surface area contributed by atoms with Gasteiger partial charge in [-0.3, -0.25) is 14.9 Å². The summed E-state index contributed by atoms with van der Waals surface area (Å²) in [5.74, 6) is 0.854. The van der Waals surface area contributed by atoms with Crippen molar-refractivity contribution in [3.8, 4) is 0 Å². The number of aromatic nitrogens is 3. The Morgan fingerprint density at radius 3 is 2.04 bits per heavy atom. The fourth-order valence-corrected chi connectivity index (χ4v) is 12.1. The van der Waals surface area contributed by atoms with Crippen LogP contribution in [-0.2, 0) is 17.3 Å². The van der Waals surface area contributed by atoms with Crippen molar-refractivity contribution in [1.82, 2.24) is 15.0 Å². The van der Waals surface area contributed by atoms with E-state index < -0.39 is 5.41 Å². The SMILES string of the molecule is CC1=c2ccccc2=CC=C(N(c2ccc3c(c2)C(C)(C)c2cc(C(Cc4ccc5ccccc5n4)c4ccc5ccccc5n4)cc4c2N3C2=C(C=CCC2)C4(C)C)c2ccc3ccccc3n2)C1. The van der Waals surface area contributed by atoms with Crippen LogP contribution in [0.1, 0.15) is 93.4 Å². The van der Waals surface area contributed by atoms with E-state index in [1.807, 2.05) is 0 Å². The summed E-state index contributed by atoms with van der Waals surface area (Å²) in [7, 11) is 0. The van der Waals surface area contributed by atoms with E-state index in [-0.39, 0.29) is 11.3 Å². The second-order valence-corrected chi connectivity index (χ2v) is 20.8. The summed E-state index contributed by atoms with van der Waals surface area (Å²) >= 11 is 0. The number of allylic oxidation sites excluding steroid dienone is 6. The number of nitrogens with zero attached hydrogens (tertiary/aromatic N) is 5. The lowest BCUT2D eigenvalue weighted by molar-refractivity contribution is 0.572. The topological polar surface area (TPSA) is 45.2 Å². The molecule has 70 heavy (non-hydrogen) atoms. The van der Waals surface area contributed by atoms with Gasteiger partial charge in [-0.05, 0) is 125 Å². The van der Waals surface area contributed by atoms with Gasteiger partial charge in [0.05, 0.1) is 27.9 Å². The first-order valence-corrected chi connectivity index (χ1v) is 25.0. The molecular weight excluding hydrogens is 851 g/mol. The lowest BCUT2D eigenvalue weighted by atomic mass is 9.64. The van der Waals surface area contributed by atoms with Gasteiger partial charge in [0, 0.05) is 74.2 Å². The van der Waals surface area contributed by atoms with Gasteiger partial charge >= 0.3 is 0 Å². The highest BCUT2D eigenvalue weighted by Crippen LogP contribution is 2.60. The Kier molecular flexibility index (Phi) is 9.71. The zero-order chi connectivity index (χ0) is 47.3. The maximum atomic E-state index is 5.45. The van der Waals surface area contributed by atoms with E-state index in [1.165, 1.54) is 66.6 Å². The first-order chi connectivity index (χ1) is 34.1. The Balaban J connectivity index is 1.03. The first kappa shape index (κ1) is 42.2. The van der Waals surface area contributed by atoms with Gasteiger partial charge in [-0.1, -0.05) is 155 Å². The number of benzene rings is 6. The molecule has 0 spiro atoms. The number of pyridine rings is 3. The molecule has 4 aliphatic rings. The fourth-order valence-electron chi connectivity index (χ4n) is 12.1. The number of hydrogen-bond donors (Lipinski definition) is 0. The highest BCUT2D eigenvalue weighted by Gasteiger charge is 2.47. The molecule has 2 aliphatic carbocycles. The van der Waals surface area contributed by atoms with Crippen LogP contribution in [-0.4, -0.2) is 15.0 Å². The molecule has 340 valence electrons. The van der Waals surface area contributed by atoms with Crippen LogP contribution in [0.3, 0.4) is 0 Å². The van der Waals surface area contributed by atoms with E-state index in [0.717, 1.165) is 74.9 Å². The molecule has 13 rings (SSSR count). The average Bonchev–Trinajstić information content (AvgIpc) is 3.55. The average molecular weight is 906 g/mol. The monoisotopic (exact) mass is 905 g/mol. The van der Waals surface area contributed by atoms with Crippen molar-refractivity contribution in [2.24, 2.45) is 0 Å². The fraction of sp³-hybridized carbons (Fsp3) is 0.185. The highest BCUT2D eigenvalue weighted by atomic mass is 15.2. The van der Waals surface area contributed by atoms with E-state index >= 15 is 0 Å². The van der Waals surface area contributed by atoms with E-state index in [2.05, 4.69) is 233 Å². The van der Waals surface area contributed by atoms with Gasteiger partial charge < -0.3 is 4.90 Å². The minimum atomic E-state index is -0.395. The van der Waals surface area contributed by atoms with Crippen molar-refractivity contribution in [3.63, 3.8) is 0 Å². The zero-order valence-electron chi connectivity index (χ0n) is 40.5. The summed E-state index contributed by atoms with van der Waals surface area (Å²) in [5, 5.41) is 5.96. The Labute approximate surface area is 410 Å². The quantitative estimate of drug-likeness (QED) is 0.159. The van der Waals surface area contributed by atoms with E-state index in [0.29, 0.717) is 6.42 Å². The van der Waals surface area contributed by atoms with Gasteiger partial charge in [-0.15, -0.1) is 0 Å². The molecule has 0 saturated heterocycles. The maximum absolute atomic E-state index is 5.45. The minimum absolute atomic E-state index is 0.0543. The van der Waals surface area contributed by atoms with Crippen LogP contribution >= 0.6 is 0 Å². The van der Waals surface area contributed by atoms with Gasteiger partial charge in [0.2, 0.25) is 0 Å². The van der Waals surface area contributed by atoms with Crippen molar-refractivity contribution in [2.45, 2.75) is 77.0 Å². The molecule has 5 heteroatoms. The molecule has 0 bridgehead atoms. The predicted molar refractivity (Wildman–Crippen MR) is 290 cm³/mol. The molecule has 0 radical (unpaired) electrons. The van der Waals surface area contributed by atoms with Gasteiger partial charge in [-0.2, -0.15) is 0 Å². The lowest BCUT2D eigenvalue weighted by Gasteiger charge is -2.51. The number of rotatable bonds is 7.